The van der Waals surface area contributed by atoms with E-state index in [4.69, 9.17) is 0 Å². The van der Waals surface area contributed by atoms with Crippen molar-refractivity contribution in [3.8, 4) is 0 Å². The standard InChI is InChI=1S/C20H31N3O5S2/c1-2-15-29(25,26)23-12-6-9-19(23)20(24)21-16-17-10-13-22(14-11-17)30(27,28)18-7-4-3-5-8-18/h3-5,7-8,17,19H,2,6,9-16H2,1H3,(H,21,24). The molecule has 2 fully saturated rings. The zero-order chi connectivity index (χ0) is 21.8. The first kappa shape index (κ1) is 23.2. The molecule has 2 aliphatic rings. The van der Waals surface area contributed by atoms with Gasteiger partial charge in [-0.3, -0.25) is 4.79 Å². The summed E-state index contributed by atoms with van der Waals surface area (Å²) in [6.45, 7) is 3.48. The molecule has 0 saturated carbocycles. The van der Waals surface area contributed by atoms with Gasteiger partial charge in [-0.15, -0.1) is 0 Å². The molecule has 10 heteroatoms. The van der Waals surface area contributed by atoms with Crippen molar-refractivity contribution >= 4 is 26.0 Å². The summed E-state index contributed by atoms with van der Waals surface area (Å²) in [5, 5.41) is 2.91. The second-order valence-electron chi connectivity index (χ2n) is 7.99. The molecular weight excluding hydrogens is 426 g/mol. The van der Waals surface area contributed by atoms with E-state index in [1.54, 1.807) is 30.3 Å². The summed E-state index contributed by atoms with van der Waals surface area (Å²) >= 11 is 0. The van der Waals surface area contributed by atoms with Gasteiger partial charge in [0.15, 0.2) is 0 Å². The Hall–Kier alpha value is -1.49. The molecule has 8 nitrogen and oxygen atoms in total. The van der Waals surface area contributed by atoms with Crippen molar-refractivity contribution in [3.63, 3.8) is 0 Å². The van der Waals surface area contributed by atoms with E-state index in [9.17, 15) is 21.6 Å². The minimum Gasteiger partial charge on any atom is -0.354 e. The van der Waals surface area contributed by atoms with Gasteiger partial charge in [0.2, 0.25) is 26.0 Å². The molecule has 0 aromatic heterocycles. The fourth-order valence-corrected chi connectivity index (χ4v) is 7.41. The number of hydrogen-bond donors (Lipinski definition) is 1. The van der Waals surface area contributed by atoms with Gasteiger partial charge in [-0.2, -0.15) is 8.61 Å². The summed E-state index contributed by atoms with van der Waals surface area (Å²) in [5.74, 6) is -0.00437. The molecule has 1 aromatic carbocycles. The minimum absolute atomic E-state index is 0.0606. The number of nitrogens with zero attached hydrogens (tertiary/aromatic N) is 2. The van der Waals surface area contributed by atoms with Gasteiger partial charge in [-0.25, -0.2) is 16.8 Å². The van der Waals surface area contributed by atoms with Gasteiger partial charge in [-0.1, -0.05) is 25.1 Å². The Balaban J connectivity index is 1.50. The molecule has 1 aromatic rings. The number of hydrogen-bond acceptors (Lipinski definition) is 5. The third-order valence-electron chi connectivity index (χ3n) is 5.85. The van der Waals surface area contributed by atoms with E-state index in [2.05, 4.69) is 5.32 Å². The van der Waals surface area contributed by atoms with Crippen LogP contribution in [-0.2, 0) is 24.8 Å². The molecule has 0 spiro atoms. The van der Waals surface area contributed by atoms with Crippen LogP contribution in [0.3, 0.4) is 0 Å². The zero-order valence-corrected chi connectivity index (χ0v) is 19.0. The Morgan fingerprint density at radius 1 is 1.03 bits per heavy atom. The summed E-state index contributed by atoms with van der Waals surface area (Å²) in [6.07, 6.45) is 3.08. The van der Waals surface area contributed by atoms with Crippen LogP contribution < -0.4 is 5.32 Å². The Morgan fingerprint density at radius 3 is 2.33 bits per heavy atom. The molecule has 2 aliphatic heterocycles. The summed E-state index contributed by atoms with van der Waals surface area (Å²) in [5.41, 5.74) is 0. The van der Waals surface area contributed by atoms with Crippen molar-refractivity contribution in [1.82, 2.24) is 13.9 Å². The number of carbonyl (C=O) groups excluding carboxylic acids is 1. The highest BCUT2D eigenvalue weighted by Gasteiger charge is 2.38. The highest BCUT2D eigenvalue weighted by molar-refractivity contribution is 7.89. The SMILES string of the molecule is CCCS(=O)(=O)N1CCCC1C(=O)NCC1CCN(S(=O)(=O)c2ccccc2)CC1. The van der Waals surface area contributed by atoms with E-state index < -0.39 is 26.1 Å². The maximum absolute atomic E-state index is 12.7. The summed E-state index contributed by atoms with van der Waals surface area (Å²) < 4.78 is 53.0. The average Bonchev–Trinajstić information content (AvgIpc) is 3.24. The van der Waals surface area contributed by atoms with Crippen LogP contribution >= 0.6 is 0 Å². The molecule has 1 amide bonds. The van der Waals surface area contributed by atoms with Crippen LogP contribution in [0.4, 0.5) is 0 Å². The van der Waals surface area contributed by atoms with Gasteiger partial charge in [0.05, 0.1) is 10.6 Å². The molecule has 2 saturated heterocycles. The maximum Gasteiger partial charge on any atom is 0.243 e. The molecule has 1 N–H and O–H groups in total. The number of benzene rings is 1. The van der Waals surface area contributed by atoms with Crippen molar-refractivity contribution in [2.24, 2.45) is 5.92 Å². The van der Waals surface area contributed by atoms with Gasteiger partial charge in [0.25, 0.3) is 0 Å². The average molecular weight is 458 g/mol. The fourth-order valence-electron chi connectivity index (χ4n) is 4.17. The maximum atomic E-state index is 12.7. The normalized spacial score (nSPS) is 22.2. The molecule has 0 aliphatic carbocycles. The van der Waals surface area contributed by atoms with E-state index in [0.717, 1.165) is 0 Å². The van der Waals surface area contributed by atoms with Crippen molar-refractivity contribution in [3.05, 3.63) is 30.3 Å². The number of piperidine rings is 1. The van der Waals surface area contributed by atoms with E-state index >= 15 is 0 Å². The Morgan fingerprint density at radius 2 is 1.70 bits per heavy atom. The van der Waals surface area contributed by atoms with E-state index in [-0.39, 0.29) is 17.6 Å². The Bertz CT molecular complexity index is 926. The van der Waals surface area contributed by atoms with Gasteiger partial charge in [0.1, 0.15) is 6.04 Å². The Kier molecular flexibility index (Phi) is 7.54. The van der Waals surface area contributed by atoms with Crippen LogP contribution in [0.2, 0.25) is 0 Å². The first-order chi connectivity index (χ1) is 14.3. The molecule has 168 valence electrons. The largest absolute Gasteiger partial charge is 0.354 e. The molecule has 30 heavy (non-hydrogen) atoms. The molecule has 0 bridgehead atoms. The first-order valence-corrected chi connectivity index (χ1v) is 13.6. The zero-order valence-electron chi connectivity index (χ0n) is 17.4. The van der Waals surface area contributed by atoms with Crippen LogP contribution in [0.25, 0.3) is 0 Å². The number of amides is 1. The van der Waals surface area contributed by atoms with E-state index in [1.807, 2.05) is 6.92 Å². The lowest BCUT2D eigenvalue weighted by atomic mass is 9.98. The number of nitrogens with one attached hydrogen (secondary N) is 1. The lowest BCUT2D eigenvalue weighted by Gasteiger charge is -2.31. The fraction of sp³-hybridized carbons (Fsp3) is 0.650. The highest BCUT2D eigenvalue weighted by Crippen LogP contribution is 2.25. The molecule has 2 heterocycles. The summed E-state index contributed by atoms with van der Waals surface area (Å²) in [7, 11) is -6.88. The molecule has 1 unspecified atom stereocenters. The first-order valence-electron chi connectivity index (χ1n) is 10.6. The van der Waals surface area contributed by atoms with Crippen LogP contribution in [0.1, 0.15) is 39.0 Å². The van der Waals surface area contributed by atoms with Crippen LogP contribution in [0.5, 0.6) is 0 Å². The van der Waals surface area contributed by atoms with Crippen LogP contribution in [0, 0.1) is 5.92 Å². The quantitative estimate of drug-likeness (QED) is 0.636. The third-order valence-corrected chi connectivity index (χ3v) is 9.83. The molecule has 0 radical (unpaired) electrons. The number of rotatable bonds is 8. The number of sulfonamides is 2. The van der Waals surface area contributed by atoms with E-state index in [0.29, 0.717) is 63.2 Å². The molecular formula is C20H31N3O5S2. The van der Waals surface area contributed by atoms with Gasteiger partial charge >= 0.3 is 0 Å². The Labute approximate surface area is 179 Å². The van der Waals surface area contributed by atoms with Gasteiger partial charge in [0, 0.05) is 26.2 Å². The van der Waals surface area contributed by atoms with E-state index in [1.165, 1.54) is 8.61 Å². The predicted octanol–water partition coefficient (Wildman–Crippen LogP) is 1.41. The highest BCUT2D eigenvalue weighted by atomic mass is 32.2. The van der Waals surface area contributed by atoms with Crippen molar-refractivity contribution in [2.75, 3.05) is 31.9 Å². The topological polar surface area (TPSA) is 104 Å². The van der Waals surface area contributed by atoms with Gasteiger partial charge < -0.3 is 5.32 Å². The molecule has 3 rings (SSSR count). The number of carbonyl (C=O) groups is 1. The lowest BCUT2D eigenvalue weighted by Crippen LogP contribution is -2.48. The second kappa shape index (κ2) is 9.76. The van der Waals surface area contributed by atoms with Crippen molar-refractivity contribution in [1.29, 1.82) is 0 Å². The van der Waals surface area contributed by atoms with Gasteiger partial charge in [-0.05, 0) is 50.2 Å². The monoisotopic (exact) mass is 457 g/mol. The van der Waals surface area contributed by atoms with Crippen LogP contribution in [-0.4, -0.2) is 69.3 Å². The van der Waals surface area contributed by atoms with Crippen molar-refractivity contribution in [2.45, 2.75) is 50.0 Å². The summed E-state index contributed by atoms with van der Waals surface area (Å²) in [4.78, 5) is 12.9. The smallest absolute Gasteiger partial charge is 0.243 e. The lowest BCUT2D eigenvalue weighted by molar-refractivity contribution is -0.124. The van der Waals surface area contributed by atoms with Crippen molar-refractivity contribution < 1.29 is 21.6 Å². The van der Waals surface area contributed by atoms with Crippen LogP contribution in [0.15, 0.2) is 35.2 Å². The third kappa shape index (κ3) is 5.22. The second-order valence-corrected chi connectivity index (χ2v) is 12.0. The molecule has 1 atom stereocenters. The predicted molar refractivity (Wildman–Crippen MR) is 115 cm³/mol. The minimum atomic E-state index is -3.49. The summed E-state index contributed by atoms with van der Waals surface area (Å²) in [6, 6.07) is 7.78.